The molecule has 1 N–H and O–H groups in total. The Balaban J connectivity index is 2.83. The molecule has 0 fully saturated rings. The van der Waals surface area contributed by atoms with E-state index < -0.39 is 5.97 Å². The van der Waals surface area contributed by atoms with E-state index in [9.17, 15) is 4.79 Å². The van der Waals surface area contributed by atoms with E-state index in [1.165, 1.54) is 13.2 Å². The van der Waals surface area contributed by atoms with Gasteiger partial charge in [-0.15, -0.1) is 0 Å². The van der Waals surface area contributed by atoms with Gasteiger partial charge in [-0.3, -0.25) is 4.98 Å². The van der Waals surface area contributed by atoms with Gasteiger partial charge >= 0.3 is 5.97 Å². The van der Waals surface area contributed by atoms with E-state index in [0.717, 1.165) is 6.08 Å². The Kier molecular flexibility index (Phi) is 3.03. The lowest BCUT2D eigenvalue weighted by atomic mass is 10.2. The van der Waals surface area contributed by atoms with Gasteiger partial charge in [0.15, 0.2) is 0 Å². The number of pyridine rings is 1. The summed E-state index contributed by atoms with van der Waals surface area (Å²) in [6, 6.07) is 1.70. The summed E-state index contributed by atoms with van der Waals surface area (Å²) in [5.74, 6) is -0.379. The van der Waals surface area contributed by atoms with Crippen LogP contribution in [-0.4, -0.2) is 23.2 Å². The molecule has 0 unspecified atom stereocenters. The van der Waals surface area contributed by atoms with Crippen LogP contribution in [0, 0.1) is 0 Å². The van der Waals surface area contributed by atoms with Gasteiger partial charge in [-0.05, 0) is 17.7 Å². The van der Waals surface area contributed by atoms with Crippen LogP contribution in [0.25, 0.3) is 6.08 Å². The summed E-state index contributed by atoms with van der Waals surface area (Å²) in [4.78, 5) is 14.1. The zero-order valence-electron chi connectivity index (χ0n) is 7.10. The Hall–Kier alpha value is -1.84. The van der Waals surface area contributed by atoms with Crippen LogP contribution in [0.4, 0.5) is 0 Å². The fraction of sp³-hybridized carbons (Fsp3) is 0.111. The molecule has 4 heteroatoms. The largest absolute Gasteiger partial charge is 0.495 e. The average Bonchev–Trinajstić information content (AvgIpc) is 2.15. The van der Waals surface area contributed by atoms with Crippen molar-refractivity contribution in [2.45, 2.75) is 0 Å². The third-order valence-electron chi connectivity index (χ3n) is 1.39. The number of ether oxygens (including phenoxy) is 1. The zero-order valence-corrected chi connectivity index (χ0v) is 7.10. The molecule has 0 radical (unpaired) electrons. The molecule has 0 saturated heterocycles. The number of nitrogens with zero attached hydrogens (tertiary/aromatic N) is 1. The van der Waals surface area contributed by atoms with E-state index in [1.54, 1.807) is 18.5 Å². The van der Waals surface area contributed by atoms with Crippen LogP contribution in [0.15, 0.2) is 24.5 Å². The maximum Gasteiger partial charge on any atom is 0.328 e. The van der Waals surface area contributed by atoms with Crippen molar-refractivity contribution in [3.8, 4) is 5.75 Å². The fourth-order valence-electron chi connectivity index (χ4n) is 0.806. The van der Waals surface area contributed by atoms with Gasteiger partial charge in [0.1, 0.15) is 5.75 Å². The van der Waals surface area contributed by atoms with Crippen molar-refractivity contribution in [3.05, 3.63) is 30.1 Å². The Labute approximate surface area is 75.5 Å². The van der Waals surface area contributed by atoms with Crippen molar-refractivity contribution in [3.63, 3.8) is 0 Å². The molecule has 0 aliphatic carbocycles. The lowest BCUT2D eigenvalue weighted by molar-refractivity contribution is -0.131. The first-order valence-corrected chi connectivity index (χ1v) is 3.62. The highest BCUT2D eigenvalue weighted by Gasteiger charge is 1.93. The zero-order chi connectivity index (χ0) is 9.68. The summed E-state index contributed by atoms with van der Waals surface area (Å²) in [6.07, 6.45) is 5.62. The fourth-order valence-corrected chi connectivity index (χ4v) is 0.806. The van der Waals surface area contributed by atoms with Gasteiger partial charge in [0.25, 0.3) is 0 Å². The standard InChI is InChI=1S/C9H9NO3/c1-13-8-4-7(5-10-6-8)2-3-9(11)12/h2-6H,1H3,(H,11,12)/b3-2-. The molecule has 0 saturated carbocycles. The topological polar surface area (TPSA) is 59.4 Å². The number of rotatable bonds is 3. The number of aromatic nitrogens is 1. The van der Waals surface area contributed by atoms with Crippen LogP contribution in [0.3, 0.4) is 0 Å². The monoisotopic (exact) mass is 179 g/mol. The predicted molar refractivity (Wildman–Crippen MR) is 47.5 cm³/mol. The first-order valence-electron chi connectivity index (χ1n) is 3.62. The first kappa shape index (κ1) is 9.25. The van der Waals surface area contributed by atoms with Crippen LogP contribution in [-0.2, 0) is 4.79 Å². The maximum absolute atomic E-state index is 10.2. The van der Waals surface area contributed by atoms with Gasteiger partial charge < -0.3 is 9.84 Å². The van der Waals surface area contributed by atoms with E-state index in [-0.39, 0.29) is 0 Å². The second-order valence-electron chi connectivity index (χ2n) is 2.33. The molecular weight excluding hydrogens is 170 g/mol. The molecule has 0 bridgehead atoms. The van der Waals surface area contributed by atoms with Gasteiger partial charge in [-0.1, -0.05) is 0 Å². The molecule has 0 aliphatic heterocycles. The summed E-state index contributed by atoms with van der Waals surface area (Å²) in [5, 5.41) is 8.36. The van der Waals surface area contributed by atoms with Crippen LogP contribution >= 0.6 is 0 Å². The smallest absolute Gasteiger partial charge is 0.328 e. The lowest BCUT2D eigenvalue weighted by Crippen LogP contribution is -1.87. The number of carboxylic acid groups (broad SMARTS) is 1. The van der Waals surface area contributed by atoms with Crippen LogP contribution in [0.2, 0.25) is 0 Å². The van der Waals surface area contributed by atoms with Gasteiger partial charge in [0.2, 0.25) is 0 Å². The van der Waals surface area contributed by atoms with Gasteiger partial charge in [0.05, 0.1) is 13.3 Å². The maximum atomic E-state index is 10.2. The number of carboxylic acids is 1. The molecule has 1 heterocycles. The number of hydrogen-bond donors (Lipinski definition) is 1. The number of hydrogen-bond acceptors (Lipinski definition) is 3. The highest BCUT2D eigenvalue weighted by Crippen LogP contribution is 2.11. The summed E-state index contributed by atoms with van der Waals surface area (Å²) >= 11 is 0. The molecule has 1 aromatic rings. The van der Waals surface area contributed by atoms with E-state index in [4.69, 9.17) is 9.84 Å². The minimum absolute atomic E-state index is 0.604. The number of methoxy groups -OCH3 is 1. The van der Waals surface area contributed by atoms with Crippen molar-refractivity contribution in [2.24, 2.45) is 0 Å². The molecule has 1 rings (SSSR count). The highest BCUT2D eigenvalue weighted by molar-refractivity contribution is 5.85. The second kappa shape index (κ2) is 4.25. The van der Waals surface area contributed by atoms with Crippen molar-refractivity contribution in [2.75, 3.05) is 7.11 Å². The van der Waals surface area contributed by atoms with E-state index in [0.29, 0.717) is 11.3 Å². The van der Waals surface area contributed by atoms with Gasteiger partial charge in [-0.2, -0.15) is 0 Å². The Bertz CT molecular complexity index is 333. The molecule has 4 nitrogen and oxygen atoms in total. The Morgan fingerprint density at radius 3 is 3.00 bits per heavy atom. The second-order valence-corrected chi connectivity index (χ2v) is 2.33. The minimum Gasteiger partial charge on any atom is -0.495 e. The molecule has 0 amide bonds. The molecule has 1 aromatic heterocycles. The average molecular weight is 179 g/mol. The molecular formula is C9H9NO3. The van der Waals surface area contributed by atoms with Crippen molar-refractivity contribution in [1.29, 1.82) is 0 Å². The molecule has 68 valence electrons. The predicted octanol–water partition coefficient (Wildman–Crippen LogP) is 1.19. The van der Waals surface area contributed by atoms with Gasteiger partial charge in [0, 0.05) is 12.3 Å². The minimum atomic E-state index is -0.984. The van der Waals surface area contributed by atoms with Crippen LogP contribution in [0.1, 0.15) is 5.56 Å². The molecule has 0 spiro atoms. The summed E-state index contributed by atoms with van der Waals surface area (Å²) < 4.78 is 4.92. The number of carbonyl (C=O) groups is 1. The Morgan fingerprint density at radius 2 is 2.38 bits per heavy atom. The first-order chi connectivity index (χ1) is 6.22. The SMILES string of the molecule is COc1cncc(/C=C\C(=O)O)c1. The normalized spacial score (nSPS) is 10.2. The third kappa shape index (κ3) is 2.94. The summed E-state index contributed by atoms with van der Waals surface area (Å²) in [5.41, 5.74) is 0.696. The van der Waals surface area contributed by atoms with Crippen molar-refractivity contribution < 1.29 is 14.6 Å². The summed E-state index contributed by atoms with van der Waals surface area (Å²) in [7, 11) is 1.53. The highest BCUT2D eigenvalue weighted by atomic mass is 16.5. The van der Waals surface area contributed by atoms with Crippen molar-refractivity contribution in [1.82, 2.24) is 4.98 Å². The lowest BCUT2D eigenvalue weighted by Gasteiger charge is -1.98. The molecule has 0 atom stereocenters. The molecule has 0 aromatic carbocycles. The quantitative estimate of drug-likeness (QED) is 0.708. The van der Waals surface area contributed by atoms with Crippen molar-refractivity contribution >= 4 is 12.0 Å². The Morgan fingerprint density at radius 1 is 1.62 bits per heavy atom. The molecule has 13 heavy (non-hydrogen) atoms. The summed E-state index contributed by atoms with van der Waals surface area (Å²) in [6.45, 7) is 0. The van der Waals surface area contributed by atoms with Crippen LogP contribution in [0.5, 0.6) is 5.75 Å². The van der Waals surface area contributed by atoms with E-state index in [1.807, 2.05) is 0 Å². The third-order valence-corrected chi connectivity index (χ3v) is 1.39. The van der Waals surface area contributed by atoms with Gasteiger partial charge in [-0.25, -0.2) is 4.79 Å². The van der Waals surface area contributed by atoms with E-state index in [2.05, 4.69) is 4.98 Å². The van der Waals surface area contributed by atoms with Crippen LogP contribution < -0.4 is 4.74 Å². The van der Waals surface area contributed by atoms with E-state index >= 15 is 0 Å². The number of aliphatic carboxylic acids is 1. The molecule has 0 aliphatic rings.